The Morgan fingerprint density at radius 3 is 2.48 bits per heavy atom. The van der Waals surface area contributed by atoms with E-state index in [-0.39, 0.29) is 30.0 Å². The number of hydrogen-bond donors (Lipinski definition) is 0. The fraction of sp³-hybridized carbons (Fsp3) is 0.706. The number of aromatic nitrogens is 2. The van der Waals surface area contributed by atoms with E-state index in [2.05, 4.69) is 14.9 Å². The topological polar surface area (TPSA) is 86.7 Å². The summed E-state index contributed by atoms with van der Waals surface area (Å²) in [5.41, 5.74) is 0. The fourth-order valence-corrected chi connectivity index (χ4v) is 6.52. The summed E-state index contributed by atoms with van der Waals surface area (Å²) in [6.07, 6.45) is 2.52. The van der Waals surface area contributed by atoms with Crippen molar-refractivity contribution in [3.8, 4) is 0 Å². The van der Waals surface area contributed by atoms with Gasteiger partial charge in [0.25, 0.3) is 0 Å². The number of hydrogen-bond acceptors (Lipinski definition) is 7. The lowest BCUT2D eigenvalue weighted by atomic mass is 9.87. The third-order valence-corrected chi connectivity index (χ3v) is 8.25. The van der Waals surface area contributed by atoms with Gasteiger partial charge in [0.1, 0.15) is 0 Å². The summed E-state index contributed by atoms with van der Waals surface area (Å²) in [6, 6.07) is 0. The first kappa shape index (κ1) is 18.5. The molecular formula is C17H24FN5O3S. The number of likely N-dealkylation sites (N-methyl/N-ethyl adjacent to an activating group) is 1. The van der Waals surface area contributed by atoms with Gasteiger partial charge in [-0.1, -0.05) is 0 Å². The van der Waals surface area contributed by atoms with Crippen LogP contribution in [0.2, 0.25) is 0 Å². The number of carbonyl (C=O) groups is 1. The van der Waals surface area contributed by atoms with E-state index in [9.17, 15) is 17.6 Å². The molecule has 3 aliphatic heterocycles. The summed E-state index contributed by atoms with van der Waals surface area (Å²) in [5, 5.41) is -0.596. The molecule has 0 unspecified atom stereocenters. The van der Waals surface area contributed by atoms with E-state index in [0.717, 1.165) is 25.5 Å². The monoisotopic (exact) mass is 397 g/mol. The number of rotatable bonds is 2. The maximum Gasteiger partial charge on any atom is 0.226 e. The van der Waals surface area contributed by atoms with E-state index in [0.29, 0.717) is 32.0 Å². The molecule has 3 saturated heterocycles. The van der Waals surface area contributed by atoms with Gasteiger partial charge in [0.2, 0.25) is 11.9 Å². The smallest absolute Gasteiger partial charge is 0.226 e. The minimum Gasteiger partial charge on any atom is -0.340 e. The van der Waals surface area contributed by atoms with E-state index in [4.69, 9.17) is 0 Å². The number of sulfone groups is 1. The van der Waals surface area contributed by atoms with Crippen LogP contribution in [0, 0.1) is 17.7 Å². The van der Waals surface area contributed by atoms with Crippen LogP contribution >= 0.6 is 0 Å². The molecule has 0 bridgehead atoms. The lowest BCUT2D eigenvalue weighted by Gasteiger charge is -2.38. The molecule has 3 atom stereocenters. The highest BCUT2D eigenvalue weighted by molar-refractivity contribution is 7.92. The molecule has 0 saturated carbocycles. The first-order valence-corrected chi connectivity index (χ1v) is 11.0. The van der Waals surface area contributed by atoms with Crippen LogP contribution in [0.25, 0.3) is 0 Å². The highest BCUT2D eigenvalue weighted by Crippen LogP contribution is 2.38. The molecule has 8 nitrogen and oxygen atoms in total. The number of piperazine rings is 1. The number of amides is 1. The molecule has 4 heterocycles. The maximum atomic E-state index is 13.1. The highest BCUT2D eigenvalue weighted by atomic mass is 32.2. The number of fused-ring (bicyclic) bond motifs is 1. The third kappa shape index (κ3) is 3.52. The van der Waals surface area contributed by atoms with E-state index in [1.807, 2.05) is 11.9 Å². The van der Waals surface area contributed by atoms with E-state index in [1.165, 1.54) is 0 Å². The normalized spacial score (nSPS) is 31.0. The van der Waals surface area contributed by atoms with Crippen molar-refractivity contribution in [3.63, 3.8) is 0 Å². The predicted octanol–water partition coefficient (Wildman–Crippen LogP) is -0.371. The zero-order valence-electron chi connectivity index (χ0n) is 15.3. The first-order chi connectivity index (χ1) is 12.8. The standard InChI is InChI=1S/C17H24FN5O3S/c1-21-3-5-22(6-4-21)16(24)13-2-7-27(25,26)15-11-23(10-14(13)15)17-19-8-12(18)9-20-17/h8-9,13-15H,2-7,10-11H2,1H3/t13-,14-,15-/m1/s1. The van der Waals surface area contributed by atoms with Gasteiger partial charge in [-0.15, -0.1) is 0 Å². The van der Waals surface area contributed by atoms with Crippen molar-refractivity contribution in [1.29, 1.82) is 0 Å². The van der Waals surface area contributed by atoms with Crippen molar-refractivity contribution in [2.45, 2.75) is 11.7 Å². The van der Waals surface area contributed by atoms with Gasteiger partial charge < -0.3 is 14.7 Å². The van der Waals surface area contributed by atoms with Crippen molar-refractivity contribution in [3.05, 3.63) is 18.2 Å². The van der Waals surface area contributed by atoms with Crippen molar-refractivity contribution >= 4 is 21.7 Å². The Hall–Kier alpha value is -1.81. The second-order valence-electron chi connectivity index (χ2n) is 7.70. The van der Waals surface area contributed by atoms with Crippen LogP contribution in [0.3, 0.4) is 0 Å². The van der Waals surface area contributed by atoms with Crippen LogP contribution in [0.5, 0.6) is 0 Å². The van der Waals surface area contributed by atoms with E-state index < -0.39 is 20.9 Å². The summed E-state index contributed by atoms with van der Waals surface area (Å²) in [5.74, 6) is -0.694. The van der Waals surface area contributed by atoms with Gasteiger partial charge >= 0.3 is 0 Å². The minimum atomic E-state index is -3.27. The minimum absolute atomic E-state index is 0.0381. The Morgan fingerprint density at radius 1 is 1.15 bits per heavy atom. The van der Waals surface area contributed by atoms with Crippen LogP contribution in [0.4, 0.5) is 10.3 Å². The van der Waals surface area contributed by atoms with Gasteiger partial charge in [-0.05, 0) is 13.5 Å². The quantitative estimate of drug-likeness (QED) is 0.673. The molecule has 3 aliphatic rings. The number of anilines is 1. The summed E-state index contributed by atoms with van der Waals surface area (Å²) in [7, 11) is -1.24. The summed E-state index contributed by atoms with van der Waals surface area (Å²) >= 11 is 0. The van der Waals surface area contributed by atoms with E-state index >= 15 is 0 Å². The molecule has 0 N–H and O–H groups in total. The molecule has 27 heavy (non-hydrogen) atoms. The van der Waals surface area contributed by atoms with E-state index in [1.54, 1.807) is 4.90 Å². The van der Waals surface area contributed by atoms with Crippen LogP contribution in [0.1, 0.15) is 6.42 Å². The molecular weight excluding hydrogens is 373 g/mol. The molecule has 1 aromatic heterocycles. The lowest BCUT2D eigenvalue weighted by Crippen LogP contribution is -2.53. The molecule has 3 fully saturated rings. The molecule has 0 aromatic carbocycles. The average Bonchev–Trinajstić information content (AvgIpc) is 3.09. The SMILES string of the molecule is CN1CCN(C(=O)[C@@H]2CCS(=O)(=O)[C@@H]3CN(c4ncc(F)cn4)C[C@@H]32)CC1. The molecule has 0 radical (unpaired) electrons. The van der Waals surface area contributed by atoms with Crippen molar-refractivity contribution in [2.24, 2.45) is 11.8 Å². The van der Waals surface area contributed by atoms with Crippen molar-refractivity contribution in [1.82, 2.24) is 19.8 Å². The molecule has 0 aliphatic carbocycles. The molecule has 1 amide bonds. The molecule has 148 valence electrons. The predicted molar refractivity (Wildman–Crippen MR) is 97.5 cm³/mol. The molecule has 1 aromatic rings. The van der Waals surface area contributed by atoms with Crippen LogP contribution in [-0.2, 0) is 14.6 Å². The van der Waals surface area contributed by atoms with Gasteiger partial charge in [0.15, 0.2) is 15.7 Å². The second-order valence-corrected chi connectivity index (χ2v) is 10.0. The molecule has 10 heteroatoms. The average molecular weight is 397 g/mol. The van der Waals surface area contributed by atoms with Gasteiger partial charge in [-0.3, -0.25) is 4.79 Å². The Bertz CT molecular complexity index is 810. The second kappa shape index (κ2) is 6.97. The Labute approximate surface area is 158 Å². The number of carbonyl (C=O) groups excluding carboxylic acids is 1. The zero-order chi connectivity index (χ0) is 19.2. The van der Waals surface area contributed by atoms with Gasteiger partial charge in [0.05, 0.1) is 23.4 Å². The number of nitrogens with zero attached hydrogens (tertiary/aromatic N) is 5. The van der Waals surface area contributed by atoms with Crippen LogP contribution < -0.4 is 4.90 Å². The lowest BCUT2D eigenvalue weighted by molar-refractivity contribution is -0.139. The molecule has 4 rings (SSSR count). The van der Waals surface area contributed by atoms with Gasteiger partial charge in [0, 0.05) is 51.1 Å². The van der Waals surface area contributed by atoms with Crippen molar-refractivity contribution < 1.29 is 17.6 Å². The zero-order valence-corrected chi connectivity index (χ0v) is 16.1. The summed E-state index contributed by atoms with van der Waals surface area (Å²) in [4.78, 5) is 26.9. The largest absolute Gasteiger partial charge is 0.340 e. The Kier molecular flexibility index (Phi) is 4.79. The van der Waals surface area contributed by atoms with Crippen LogP contribution in [0.15, 0.2) is 12.4 Å². The summed E-state index contributed by atoms with van der Waals surface area (Å²) in [6.45, 7) is 3.69. The van der Waals surface area contributed by atoms with Gasteiger partial charge in [-0.2, -0.15) is 0 Å². The Balaban J connectivity index is 1.55. The molecule has 0 spiro atoms. The van der Waals surface area contributed by atoms with Crippen LogP contribution in [-0.4, -0.2) is 91.4 Å². The first-order valence-electron chi connectivity index (χ1n) is 9.26. The highest BCUT2D eigenvalue weighted by Gasteiger charge is 2.51. The maximum absolute atomic E-state index is 13.1. The third-order valence-electron chi connectivity index (χ3n) is 6.02. The fourth-order valence-electron chi connectivity index (χ4n) is 4.42. The number of halogens is 1. The Morgan fingerprint density at radius 2 is 1.81 bits per heavy atom. The van der Waals surface area contributed by atoms with Gasteiger partial charge in [-0.25, -0.2) is 22.8 Å². The van der Waals surface area contributed by atoms with Crippen molar-refractivity contribution in [2.75, 3.05) is 57.0 Å². The summed E-state index contributed by atoms with van der Waals surface area (Å²) < 4.78 is 38.3.